The van der Waals surface area contributed by atoms with Gasteiger partial charge in [0.2, 0.25) is 5.91 Å². The Labute approximate surface area is 179 Å². The average molecular weight is 404 g/mol. The highest BCUT2D eigenvalue weighted by molar-refractivity contribution is 6.03. The van der Waals surface area contributed by atoms with Crippen LogP contribution in [0.5, 0.6) is 0 Å². The summed E-state index contributed by atoms with van der Waals surface area (Å²) in [6.45, 7) is 1.92. The van der Waals surface area contributed by atoms with Crippen molar-refractivity contribution < 1.29 is 4.79 Å². The van der Waals surface area contributed by atoms with E-state index in [9.17, 15) is 4.79 Å². The fourth-order valence-corrected chi connectivity index (χ4v) is 5.75. The van der Waals surface area contributed by atoms with Crippen molar-refractivity contribution >= 4 is 11.6 Å². The highest BCUT2D eigenvalue weighted by atomic mass is 16.2. The van der Waals surface area contributed by atoms with Gasteiger partial charge >= 0.3 is 0 Å². The number of amides is 1. The number of piperidine rings is 1. The van der Waals surface area contributed by atoms with E-state index >= 15 is 0 Å². The van der Waals surface area contributed by atoms with Crippen LogP contribution in [0.25, 0.3) is 0 Å². The van der Waals surface area contributed by atoms with Gasteiger partial charge in [-0.05, 0) is 60.9 Å². The van der Waals surface area contributed by atoms with Gasteiger partial charge in [0.15, 0.2) is 0 Å². The van der Waals surface area contributed by atoms with Crippen molar-refractivity contribution in [1.29, 1.82) is 0 Å². The normalized spacial score (nSPS) is 26.9. The summed E-state index contributed by atoms with van der Waals surface area (Å²) in [5.74, 6) is 0.768. The molecule has 2 aromatic rings. The molecule has 0 spiro atoms. The highest BCUT2D eigenvalue weighted by Crippen LogP contribution is 2.43. The van der Waals surface area contributed by atoms with Crippen molar-refractivity contribution in [3.8, 4) is 0 Å². The summed E-state index contributed by atoms with van der Waals surface area (Å²) in [6, 6.07) is 18.1. The smallest absolute Gasteiger partial charge is 0.232 e. The molecule has 158 valence electrons. The zero-order valence-corrected chi connectivity index (χ0v) is 17.7. The highest BCUT2D eigenvalue weighted by Gasteiger charge is 2.37. The Morgan fingerprint density at radius 2 is 1.77 bits per heavy atom. The van der Waals surface area contributed by atoms with E-state index in [0.29, 0.717) is 18.0 Å². The van der Waals surface area contributed by atoms with Gasteiger partial charge in [-0.1, -0.05) is 61.7 Å². The predicted molar refractivity (Wildman–Crippen MR) is 121 cm³/mol. The molecule has 1 aliphatic carbocycles. The zero-order valence-electron chi connectivity index (χ0n) is 17.7. The SMILES string of the molecule is O=C1Nc2ccc(CNC3CCCNC3c3ccccc3)cc2C1C1CCCCC1. The standard InChI is InChI=1S/C26H33N3O/c30-26-24(19-8-3-1-4-9-19)21-16-18(13-14-22(21)29-26)17-28-23-12-7-15-27-25(23)20-10-5-2-6-11-20/h2,5-6,10-11,13-14,16,19,23-25,27-28H,1,3-4,7-9,12,15,17H2,(H,29,30). The number of carbonyl (C=O) groups excluding carboxylic acids is 1. The second kappa shape index (κ2) is 8.91. The molecule has 3 atom stereocenters. The molecule has 1 saturated carbocycles. The lowest BCUT2D eigenvalue weighted by molar-refractivity contribution is -0.118. The van der Waals surface area contributed by atoms with Crippen molar-refractivity contribution in [2.75, 3.05) is 11.9 Å². The zero-order chi connectivity index (χ0) is 20.3. The van der Waals surface area contributed by atoms with E-state index < -0.39 is 0 Å². The molecular formula is C26H33N3O. The number of carbonyl (C=O) groups is 1. The van der Waals surface area contributed by atoms with E-state index in [4.69, 9.17) is 0 Å². The van der Waals surface area contributed by atoms with Crippen LogP contribution in [0, 0.1) is 5.92 Å². The lowest BCUT2D eigenvalue weighted by atomic mass is 9.77. The first-order valence-electron chi connectivity index (χ1n) is 11.7. The van der Waals surface area contributed by atoms with Gasteiger partial charge in [-0.2, -0.15) is 0 Å². The maximum absolute atomic E-state index is 12.7. The molecule has 2 fully saturated rings. The lowest BCUT2D eigenvalue weighted by Gasteiger charge is -2.34. The third-order valence-corrected chi connectivity index (χ3v) is 7.30. The van der Waals surface area contributed by atoms with E-state index in [1.807, 2.05) is 0 Å². The molecule has 1 saturated heterocycles. The monoisotopic (exact) mass is 403 g/mol. The fraction of sp³-hybridized carbons (Fsp3) is 0.500. The summed E-state index contributed by atoms with van der Waals surface area (Å²) in [5.41, 5.74) is 4.90. The summed E-state index contributed by atoms with van der Waals surface area (Å²) in [6.07, 6.45) is 8.61. The van der Waals surface area contributed by atoms with E-state index in [0.717, 1.165) is 18.8 Å². The van der Waals surface area contributed by atoms with Crippen molar-refractivity contribution in [3.05, 3.63) is 65.2 Å². The summed E-state index contributed by atoms with van der Waals surface area (Å²) in [4.78, 5) is 12.7. The Hall–Kier alpha value is -2.17. The van der Waals surface area contributed by atoms with E-state index in [2.05, 4.69) is 64.5 Å². The Morgan fingerprint density at radius 1 is 0.933 bits per heavy atom. The molecule has 3 unspecified atom stereocenters. The molecule has 0 bridgehead atoms. The van der Waals surface area contributed by atoms with Crippen LogP contribution in [0.1, 0.15) is 73.6 Å². The van der Waals surface area contributed by atoms with Crippen molar-refractivity contribution in [3.63, 3.8) is 0 Å². The molecular weight excluding hydrogens is 370 g/mol. The van der Waals surface area contributed by atoms with Crippen LogP contribution in [-0.2, 0) is 11.3 Å². The van der Waals surface area contributed by atoms with Gasteiger partial charge in [-0.25, -0.2) is 0 Å². The largest absolute Gasteiger partial charge is 0.325 e. The van der Waals surface area contributed by atoms with Gasteiger partial charge < -0.3 is 16.0 Å². The van der Waals surface area contributed by atoms with Crippen LogP contribution < -0.4 is 16.0 Å². The number of fused-ring (bicyclic) bond motifs is 1. The minimum Gasteiger partial charge on any atom is -0.325 e. The molecule has 2 aromatic carbocycles. The van der Waals surface area contributed by atoms with Crippen LogP contribution in [0.3, 0.4) is 0 Å². The van der Waals surface area contributed by atoms with Crippen LogP contribution in [0.15, 0.2) is 48.5 Å². The first-order chi connectivity index (χ1) is 14.8. The maximum Gasteiger partial charge on any atom is 0.232 e. The number of nitrogens with one attached hydrogen (secondary N) is 3. The number of hydrogen-bond donors (Lipinski definition) is 3. The van der Waals surface area contributed by atoms with Crippen LogP contribution in [0.2, 0.25) is 0 Å². The summed E-state index contributed by atoms with van der Waals surface area (Å²) in [7, 11) is 0. The van der Waals surface area contributed by atoms with E-state index in [1.165, 1.54) is 61.6 Å². The molecule has 0 radical (unpaired) electrons. The molecule has 1 amide bonds. The van der Waals surface area contributed by atoms with Crippen LogP contribution in [-0.4, -0.2) is 18.5 Å². The first kappa shape index (κ1) is 19.8. The summed E-state index contributed by atoms with van der Waals surface area (Å²) >= 11 is 0. The van der Waals surface area contributed by atoms with Gasteiger partial charge in [0.1, 0.15) is 0 Å². The Balaban J connectivity index is 1.30. The number of anilines is 1. The van der Waals surface area contributed by atoms with Gasteiger partial charge in [0, 0.05) is 24.3 Å². The number of rotatable bonds is 5. The van der Waals surface area contributed by atoms with Crippen LogP contribution in [0.4, 0.5) is 5.69 Å². The third kappa shape index (κ3) is 4.03. The Kier molecular flexibility index (Phi) is 5.87. The van der Waals surface area contributed by atoms with Gasteiger partial charge in [-0.15, -0.1) is 0 Å². The Morgan fingerprint density at radius 3 is 2.60 bits per heavy atom. The minimum atomic E-state index is 0.0497. The van der Waals surface area contributed by atoms with Gasteiger partial charge in [0.05, 0.1) is 5.92 Å². The number of hydrogen-bond acceptors (Lipinski definition) is 3. The summed E-state index contributed by atoms with van der Waals surface area (Å²) < 4.78 is 0. The van der Waals surface area contributed by atoms with Crippen molar-refractivity contribution in [2.45, 2.75) is 69.5 Å². The molecule has 2 heterocycles. The molecule has 5 rings (SSSR count). The lowest BCUT2D eigenvalue weighted by Crippen LogP contribution is -2.45. The quantitative estimate of drug-likeness (QED) is 0.666. The molecule has 4 heteroatoms. The van der Waals surface area contributed by atoms with Gasteiger partial charge in [0.25, 0.3) is 0 Å². The molecule has 3 N–H and O–H groups in total. The number of benzene rings is 2. The molecule has 2 aliphatic heterocycles. The second-order valence-electron chi connectivity index (χ2n) is 9.26. The van der Waals surface area contributed by atoms with E-state index in [1.54, 1.807) is 0 Å². The molecule has 30 heavy (non-hydrogen) atoms. The van der Waals surface area contributed by atoms with Crippen LogP contribution >= 0.6 is 0 Å². The fourth-order valence-electron chi connectivity index (χ4n) is 5.75. The second-order valence-corrected chi connectivity index (χ2v) is 9.26. The molecule has 4 nitrogen and oxygen atoms in total. The molecule has 0 aromatic heterocycles. The average Bonchev–Trinajstić information content (AvgIpc) is 3.14. The van der Waals surface area contributed by atoms with E-state index in [-0.39, 0.29) is 11.8 Å². The molecule has 3 aliphatic rings. The third-order valence-electron chi connectivity index (χ3n) is 7.30. The Bertz CT molecular complexity index is 875. The maximum atomic E-state index is 12.7. The minimum absolute atomic E-state index is 0.0497. The first-order valence-corrected chi connectivity index (χ1v) is 11.7. The topological polar surface area (TPSA) is 53.2 Å². The van der Waals surface area contributed by atoms with Crippen molar-refractivity contribution in [1.82, 2.24) is 10.6 Å². The van der Waals surface area contributed by atoms with Gasteiger partial charge in [-0.3, -0.25) is 4.79 Å². The van der Waals surface area contributed by atoms with Crippen molar-refractivity contribution in [2.24, 2.45) is 5.92 Å². The predicted octanol–water partition coefficient (Wildman–Crippen LogP) is 4.89. The summed E-state index contributed by atoms with van der Waals surface area (Å²) in [5, 5.41) is 10.7.